The van der Waals surface area contributed by atoms with Crippen molar-refractivity contribution in [3.8, 4) is 17.2 Å². The fourth-order valence-corrected chi connectivity index (χ4v) is 5.13. The lowest BCUT2D eigenvalue weighted by Gasteiger charge is -2.24. The molecule has 2 aromatic carbocycles. The number of amides is 1. The zero-order valence-electron chi connectivity index (χ0n) is 18.9. The van der Waals surface area contributed by atoms with E-state index in [-0.39, 0.29) is 16.8 Å². The standard InChI is InChI=1S/C21H14F8N4O5S/c22-19(23,20(24,25)26)18-32-31-16(37-18)11-3-6-15-14(7-11)33(17(34)13(30)9-39(15,35)36)8-10-1-4-12(5-2-10)38-21(27,28)29/h1-7,13H,8-9,30H2/t13-/m0/s1. The Morgan fingerprint density at radius 3 is 2.23 bits per heavy atom. The Balaban J connectivity index is 1.76. The van der Waals surface area contributed by atoms with Crippen molar-refractivity contribution in [2.75, 3.05) is 10.7 Å². The van der Waals surface area contributed by atoms with Crippen molar-refractivity contribution in [3.63, 3.8) is 0 Å². The number of benzene rings is 2. The van der Waals surface area contributed by atoms with Gasteiger partial charge in [-0.25, -0.2) is 8.42 Å². The number of hydrogen-bond donors (Lipinski definition) is 1. The fraction of sp³-hybridized carbons (Fsp3) is 0.286. The number of rotatable bonds is 5. The number of carbonyl (C=O) groups excluding carboxylic acids is 1. The monoisotopic (exact) mass is 586 g/mol. The van der Waals surface area contributed by atoms with Crippen LogP contribution in [-0.4, -0.2) is 48.9 Å². The minimum atomic E-state index is -6.04. The summed E-state index contributed by atoms with van der Waals surface area (Å²) >= 11 is 0. The molecule has 2 N–H and O–H groups in total. The number of hydrogen-bond acceptors (Lipinski definition) is 8. The molecule has 2 heterocycles. The van der Waals surface area contributed by atoms with Crippen LogP contribution in [0.2, 0.25) is 0 Å². The average molecular weight is 586 g/mol. The summed E-state index contributed by atoms with van der Waals surface area (Å²) in [5.74, 6) is -10.7. The Morgan fingerprint density at radius 2 is 1.64 bits per heavy atom. The third-order valence-electron chi connectivity index (χ3n) is 5.36. The molecule has 0 fully saturated rings. The molecule has 39 heavy (non-hydrogen) atoms. The van der Waals surface area contributed by atoms with Crippen molar-refractivity contribution >= 4 is 21.4 Å². The van der Waals surface area contributed by atoms with E-state index in [9.17, 15) is 48.3 Å². The van der Waals surface area contributed by atoms with Gasteiger partial charge in [-0.3, -0.25) is 4.79 Å². The normalized spacial score (nSPS) is 18.0. The molecule has 1 aliphatic heterocycles. The minimum Gasteiger partial charge on any atom is -0.415 e. The Bertz CT molecular complexity index is 1500. The summed E-state index contributed by atoms with van der Waals surface area (Å²) in [4.78, 5) is 13.5. The summed E-state index contributed by atoms with van der Waals surface area (Å²) in [7, 11) is -4.22. The largest absolute Gasteiger partial charge is 0.573 e. The van der Waals surface area contributed by atoms with Crippen LogP contribution in [0, 0.1) is 0 Å². The Labute approximate surface area is 213 Å². The van der Waals surface area contributed by atoms with Crippen LogP contribution in [0.4, 0.5) is 40.8 Å². The number of aromatic nitrogens is 2. The SMILES string of the molecule is N[C@H]1CS(=O)(=O)c2ccc(-c3nnc(C(F)(F)C(F)(F)F)o3)cc2N(Cc2ccc(OC(F)(F)F)cc2)C1=O. The van der Waals surface area contributed by atoms with Crippen LogP contribution < -0.4 is 15.4 Å². The van der Waals surface area contributed by atoms with E-state index in [0.29, 0.717) is 0 Å². The minimum absolute atomic E-state index is 0.200. The number of anilines is 1. The molecule has 0 saturated carbocycles. The third-order valence-corrected chi connectivity index (χ3v) is 7.17. The van der Waals surface area contributed by atoms with E-state index in [1.54, 1.807) is 0 Å². The number of fused-ring (bicyclic) bond motifs is 1. The van der Waals surface area contributed by atoms with Crippen molar-refractivity contribution in [3.05, 3.63) is 53.9 Å². The molecule has 0 spiro atoms. The van der Waals surface area contributed by atoms with Gasteiger partial charge in [-0.1, -0.05) is 12.1 Å². The van der Waals surface area contributed by atoms with E-state index < -0.39 is 75.0 Å². The van der Waals surface area contributed by atoms with Gasteiger partial charge in [0, 0.05) is 5.56 Å². The van der Waals surface area contributed by atoms with Crippen molar-refractivity contribution in [2.24, 2.45) is 5.73 Å². The Morgan fingerprint density at radius 1 is 1.00 bits per heavy atom. The summed E-state index contributed by atoms with van der Waals surface area (Å²) in [6.07, 6.45) is -11.0. The highest BCUT2D eigenvalue weighted by Gasteiger charge is 2.63. The van der Waals surface area contributed by atoms with Crippen LogP contribution in [0.3, 0.4) is 0 Å². The molecule has 1 atom stereocenters. The van der Waals surface area contributed by atoms with Crippen LogP contribution >= 0.6 is 0 Å². The average Bonchev–Trinajstić information content (AvgIpc) is 3.30. The van der Waals surface area contributed by atoms with Crippen LogP contribution in [-0.2, 0) is 27.1 Å². The van der Waals surface area contributed by atoms with Gasteiger partial charge in [0.25, 0.3) is 5.89 Å². The van der Waals surface area contributed by atoms with Gasteiger partial charge in [-0.2, -0.15) is 22.0 Å². The van der Waals surface area contributed by atoms with Gasteiger partial charge in [-0.05, 0) is 35.9 Å². The highest BCUT2D eigenvalue weighted by atomic mass is 32.2. The van der Waals surface area contributed by atoms with Crippen molar-refractivity contribution in [2.45, 2.75) is 35.9 Å². The molecule has 9 nitrogen and oxygen atoms in total. The molecule has 0 bridgehead atoms. The summed E-state index contributed by atoms with van der Waals surface area (Å²) in [6, 6.07) is 5.51. The lowest BCUT2D eigenvalue weighted by molar-refractivity contribution is -0.297. The third kappa shape index (κ3) is 5.65. The number of carbonyl (C=O) groups is 1. The molecular formula is C21H14F8N4O5S. The summed E-state index contributed by atoms with van der Waals surface area (Å²) in [5.41, 5.74) is 5.29. The second-order valence-electron chi connectivity index (χ2n) is 8.17. The molecule has 1 aromatic heterocycles. The van der Waals surface area contributed by atoms with Crippen molar-refractivity contribution < 1.29 is 57.5 Å². The van der Waals surface area contributed by atoms with Crippen LogP contribution in [0.5, 0.6) is 5.75 Å². The number of ether oxygens (including phenoxy) is 1. The molecule has 3 aromatic rings. The highest BCUT2D eigenvalue weighted by Crippen LogP contribution is 2.44. The van der Waals surface area contributed by atoms with E-state index in [1.807, 2.05) is 0 Å². The molecule has 0 unspecified atom stereocenters. The Hall–Kier alpha value is -3.80. The first-order chi connectivity index (χ1) is 17.9. The predicted octanol–water partition coefficient (Wildman–Crippen LogP) is 3.94. The molecule has 18 heteroatoms. The molecule has 0 saturated heterocycles. The highest BCUT2D eigenvalue weighted by molar-refractivity contribution is 7.91. The van der Waals surface area contributed by atoms with E-state index in [2.05, 4.69) is 19.4 Å². The first kappa shape index (κ1) is 28.2. The molecule has 0 radical (unpaired) electrons. The van der Waals surface area contributed by atoms with E-state index in [1.165, 1.54) is 0 Å². The second-order valence-corrected chi connectivity index (χ2v) is 10.2. The van der Waals surface area contributed by atoms with Gasteiger partial charge in [-0.15, -0.1) is 23.4 Å². The van der Waals surface area contributed by atoms with Gasteiger partial charge in [0.05, 0.1) is 28.9 Å². The van der Waals surface area contributed by atoms with Gasteiger partial charge in [0.15, 0.2) is 9.84 Å². The fourth-order valence-electron chi connectivity index (χ4n) is 3.57. The molecule has 1 aliphatic rings. The zero-order valence-corrected chi connectivity index (χ0v) is 19.7. The lowest BCUT2D eigenvalue weighted by atomic mass is 10.1. The molecular weight excluding hydrogens is 572 g/mol. The van der Waals surface area contributed by atoms with E-state index >= 15 is 0 Å². The van der Waals surface area contributed by atoms with Gasteiger partial charge in [0.1, 0.15) is 5.75 Å². The van der Waals surface area contributed by atoms with Crippen molar-refractivity contribution in [1.82, 2.24) is 10.2 Å². The zero-order chi connectivity index (χ0) is 29.0. The van der Waals surface area contributed by atoms with Crippen LogP contribution in [0.25, 0.3) is 11.5 Å². The molecule has 1 amide bonds. The second kappa shape index (κ2) is 9.44. The van der Waals surface area contributed by atoms with Gasteiger partial charge in [0.2, 0.25) is 11.8 Å². The topological polar surface area (TPSA) is 129 Å². The molecule has 4 rings (SSSR count). The number of alkyl halides is 8. The van der Waals surface area contributed by atoms with Gasteiger partial charge < -0.3 is 19.8 Å². The summed E-state index contributed by atoms with van der Waals surface area (Å²) in [5, 5.41) is 5.92. The van der Waals surface area contributed by atoms with E-state index in [0.717, 1.165) is 47.4 Å². The van der Waals surface area contributed by atoms with Crippen LogP contribution in [0.15, 0.2) is 51.8 Å². The smallest absolute Gasteiger partial charge is 0.415 e. The van der Waals surface area contributed by atoms with Crippen LogP contribution in [0.1, 0.15) is 11.5 Å². The molecule has 210 valence electrons. The van der Waals surface area contributed by atoms with Crippen molar-refractivity contribution in [1.29, 1.82) is 0 Å². The summed E-state index contributed by atoms with van der Waals surface area (Å²) < 4.78 is 137. The maximum atomic E-state index is 13.6. The lowest BCUT2D eigenvalue weighted by Crippen LogP contribution is -2.45. The first-order valence-corrected chi connectivity index (χ1v) is 12.1. The summed E-state index contributed by atoms with van der Waals surface area (Å²) in [6.45, 7) is -0.425. The number of sulfone groups is 1. The van der Waals surface area contributed by atoms with Gasteiger partial charge >= 0.3 is 18.5 Å². The number of nitrogens with zero attached hydrogens (tertiary/aromatic N) is 3. The maximum Gasteiger partial charge on any atom is 0.573 e. The first-order valence-electron chi connectivity index (χ1n) is 10.5. The quantitative estimate of drug-likeness (QED) is 0.446. The number of halogens is 8. The van der Waals surface area contributed by atoms with E-state index in [4.69, 9.17) is 5.73 Å². The number of nitrogens with two attached hydrogens (primary N) is 1. The molecule has 0 aliphatic carbocycles. The predicted molar refractivity (Wildman–Crippen MR) is 114 cm³/mol. The maximum absolute atomic E-state index is 13.6. The Kier molecular flexibility index (Phi) is 6.83.